The van der Waals surface area contributed by atoms with E-state index in [2.05, 4.69) is 10.6 Å². The lowest BCUT2D eigenvalue weighted by atomic mass is 9.98. The zero-order valence-electron chi connectivity index (χ0n) is 19.3. The van der Waals surface area contributed by atoms with Gasteiger partial charge < -0.3 is 20.3 Å². The van der Waals surface area contributed by atoms with Crippen molar-refractivity contribution in [1.82, 2.24) is 15.5 Å². The number of amides is 5. The largest absolute Gasteiger partial charge is 0.477 e. The fraction of sp³-hybridized carbons (Fsp3) is 0.583. The smallest absolute Gasteiger partial charge is 0.325 e. The molecule has 2 N–H and O–H groups in total. The van der Waals surface area contributed by atoms with Crippen LogP contribution in [0.5, 0.6) is 5.75 Å². The lowest BCUT2D eigenvalue weighted by Crippen LogP contribution is -2.52. The van der Waals surface area contributed by atoms with E-state index in [0.29, 0.717) is 24.3 Å². The predicted octanol–water partition coefficient (Wildman–Crippen LogP) is 2.34. The molecule has 1 atom stereocenters. The first-order valence-electron chi connectivity index (χ1n) is 11.9. The van der Waals surface area contributed by atoms with E-state index in [1.807, 2.05) is 13.8 Å². The molecule has 2 aliphatic heterocycles. The lowest BCUT2D eigenvalue weighted by molar-refractivity contribution is -0.131. The molecule has 9 nitrogen and oxygen atoms in total. The van der Waals surface area contributed by atoms with Crippen molar-refractivity contribution in [1.29, 1.82) is 0 Å². The second kappa shape index (κ2) is 9.41. The number of para-hydroxylation sites is 2. The van der Waals surface area contributed by atoms with Crippen LogP contribution < -0.4 is 20.3 Å². The number of anilines is 1. The van der Waals surface area contributed by atoms with Gasteiger partial charge in [-0.15, -0.1) is 0 Å². The Kier molecular flexibility index (Phi) is 6.58. The summed E-state index contributed by atoms with van der Waals surface area (Å²) in [4.78, 5) is 54.0. The van der Waals surface area contributed by atoms with Crippen molar-refractivity contribution in [3.05, 3.63) is 24.3 Å². The highest BCUT2D eigenvalue weighted by Crippen LogP contribution is 2.36. The summed E-state index contributed by atoms with van der Waals surface area (Å²) in [5.74, 6) is -0.295. The number of ether oxygens (including phenoxy) is 1. The van der Waals surface area contributed by atoms with Crippen molar-refractivity contribution in [2.45, 2.75) is 76.5 Å². The van der Waals surface area contributed by atoms with Gasteiger partial charge in [0.1, 0.15) is 11.3 Å². The highest BCUT2D eigenvalue weighted by Gasteiger charge is 2.52. The number of nitrogens with zero attached hydrogens (tertiary/aromatic N) is 2. The van der Waals surface area contributed by atoms with Crippen molar-refractivity contribution in [3.8, 4) is 5.75 Å². The summed E-state index contributed by atoms with van der Waals surface area (Å²) in [7, 11) is 0. The van der Waals surface area contributed by atoms with Gasteiger partial charge in [-0.25, -0.2) is 4.79 Å². The van der Waals surface area contributed by atoms with Crippen LogP contribution >= 0.6 is 0 Å². The molecule has 178 valence electrons. The van der Waals surface area contributed by atoms with E-state index in [1.165, 1.54) is 4.90 Å². The van der Waals surface area contributed by atoms with Crippen LogP contribution in [0.1, 0.15) is 58.8 Å². The normalized spacial score (nSPS) is 21.2. The Hall–Kier alpha value is -3.10. The molecule has 3 aliphatic rings. The summed E-state index contributed by atoms with van der Waals surface area (Å²) < 4.78 is 5.90. The summed E-state index contributed by atoms with van der Waals surface area (Å²) in [6.45, 7) is 4.10. The molecule has 1 spiro atoms. The number of carbonyl (C=O) groups excluding carboxylic acids is 4. The molecule has 1 aromatic carbocycles. The van der Waals surface area contributed by atoms with Gasteiger partial charge in [-0.1, -0.05) is 38.8 Å². The minimum Gasteiger partial charge on any atom is -0.477 e. The summed E-state index contributed by atoms with van der Waals surface area (Å²) in [6.07, 6.45) is 3.86. The first-order valence-corrected chi connectivity index (χ1v) is 11.9. The number of urea groups is 1. The van der Waals surface area contributed by atoms with Crippen LogP contribution in [-0.2, 0) is 14.4 Å². The molecular weight excluding hydrogens is 424 g/mol. The van der Waals surface area contributed by atoms with Crippen LogP contribution in [0.4, 0.5) is 10.5 Å². The maximum Gasteiger partial charge on any atom is 0.325 e. The van der Waals surface area contributed by atoms with Crippen LogP contribution in [-0.4, -0.2) is 59.4 Å². The Labute approximate surface area is 193 Å². The predicted molar refractivity (Wildman–Crippen MR) is 122 cm³/mol. The van der Waals surface area contributed by atoms with Crippen LogP contribution in [0, 0.1) is 0 Å². The van der Waals surface area contributed by atoms with E-state index >= 15 is 0 Å². The molecule has 2 heterocycles. The number of nitrogens with one attached hydrogen (secondary N) is 2. The second-order valence-corrected chi connectivity index (χ2v) is 9.03. The zero-order valence-corrected chi connectivity index (χ0v) is 19.3. The van der Waals surface area contributed by atoms with Gasteiger partial charge in [-0.05, 0) is 37.8 Å². The van der Waals surface area contributed by atoms with Gasteiger partial charge in [0, 0.05) is 19.0 Å². The summed E-state index contributed by atoms with van der Waals surface area (Å²) in [5.41, 5.74) is -0.206. The monoisotopic (exact) mass is 456 g/mol. The molecule has 9 heteroatoms. The molecule has 1 aromatic rings. The second-order valence-electron chi connectivity index (χ2n) is 9.03. The first kappa shape index (κ1) is 23.1. The van der Waals surface area contributed by atoms with E-state index in [1.54, 1.807) is 24.3 Å². The third-order valence-corrected chi connectivity index (χ3v) is 6.95. The number of fused-ring (bicyclic) bond motifs is 1. The Morgan fingerprint density at radius 3 is 2.58 bits per heavy atom. The van der Waals surface area contributed by atoms with Crippen molar-refractivity contribution >= 4 is 29.4 Å². The Morgan fingerprint density at radius 2 is 1.88 bits per heavy atom. The summed E-state index contributed by atoms with van der Waals surface area (Å²) >= 11 is 0. The molecule has 5 amide bonds. The molecule has 4 rings (SSSR count). The molecule has 2 fully saturated rings. The maximum absolute atomic E-state index is 13.2. The van der Waals surface area contributed by atoms with Crippen molar-refractivity contribution in [2.24, 2.45) is 0 Å². The van der Waals surface area contributed by atoms with E-state index in [9.17, 15) is 19.2 Å². The minimum atomic E-state index is -0.831. The van der Waals surface area contributed by atoms with Gasteiger partial charge in [0.05, 0.1) is 12.2 Å². The van der Waals surface area contributed by atoms with Gasteiger partial charge in [-0.3, -0.25) is 19.3 Å². The molecule has 1 unspecified atom stereocenters. The first-order chi connectivity index (χ1) is 15.9. The number of hydrogen-bond donors (Lipinski definition) is 2. The third-order valence-electron chi connectivity index (χ3n) is 6.95. The Bertz CT molecular complexity index is 939. The quantitative estimate of drug-likeness (QED) is 0.613. The van der Waals surface area contributed by atoms with Gasteiger partial charge in [0.15, 0.2) is 6.10 Å². The lowest BCUT2D eigenvalue weighted by Gasteiger charge is -2.35. The van der Waals surface area contributed by atoms with Gasteiger partial charge in [0.2, 0.25) is 5.91 Å². The zero-order chi connectivity index (χ0) is 23.6. The van der Waals surface area contributed by atoms with Crippen molar-refractivity contribution in [3.63, 3.8) is 0 Å². The molecule has 0 aromatic heterocycles. The van der Waals surface area contributed by atoms with Gasteiger partial charge in [-0.2, -0.15) is 0 Å². The average Bonchev–Trinajstić information content (AvgIpc) is 3.39. The third kappa shape index (κ3) is 4.41. The highest BCUT2D eigenvalue weighted by molar-refractivity contribution is 6.07. The Balaban J connectivity index is 1.45. The topological polar surface area (TPSA) is 108 Å². The number of imide groups is 1. The molecule has 1 saturated carbocycles. The maximum atomic E-state index is 13.2. The van der Waals surface area contributed by atoms with E-state index in [-0.39, 0.29) is 43.3 Å². The van der Waals surface area contributed by atoms with E-state index < -0.39 is 17.7 Å². The van der Waals surface area contributed by atoms with Crippen LogP contribution in [0.25, 0.3) is 0 Å². The van der Waals surface area contributed by atoms with Gasteiger partial charge >= 0.3 is 6.03 Å². The van der Waals surface area contributed by atoms with Crippen LogP contribution in [0.3, 0.4) is 0 Å². The average molecular weight is 457 g/mol. The molecule has 33 heavy (non-hydrogen) atoms. The minimum absolute atomic E-state index is 0.00931. The number of carbonyl (C=O) groups is 4. The van der Waals surface area contributed by atoms with Crippen molar-refractivity contribution in [2.75, 3.05) is 18.0 Å². The highest BCUT2D eigenvalue weighted by atomic mass is 16.5. The fourth-order valence-corrected chi connectivity index (χ4v) is 4.93. The van der Waals surface area contributed by atoms with Crippen molar-refractivity contribution < 1.29 is 23.9 Å². The van der Waals surface area contributed by atoms with E-state index in [0.717, 1.165) is 30.6 Å². The standard InChI is InChI=1S/C24H32N4O5/c1-3-16(4-2)25-21(30)19-15-28(17-9-5-6-10-18(17)33-19)20(29)11-14-27-22(31)24(26-23(27)32)12-7-8-13-24/h5-6,9-10,16,19H,3-4,7-8,11-15H2,1-2H3,(H,25,30)(H,26,32). The summed E-state index contributed by atoms with van der Waals surface area (Å²) in [5, 5.41) is 5.82. The van der Waals surface area contributed by atoms with E-state index in [4.69, 9.17) is 4.74 Å². The summed E-state index contributed by atoms with van der Waals surface area (Å²) in [6, 6.07) is 6.70. The molecule has 1 aliphatic carbocycles. The Morgan fingerprint density at radius 1 is 1.18 bits per heavy atom. The molecule has 0 bridgehead atoms. The number of hydrogen-bond acceptors (Lipinski definition) is 5. The fourth-order valence-electron chi connectivity index (χ4n) is 4.93. The van der Waals surface area contributed by atoms with Crippen LogP contribution in [0.15, 0.2) is 24.3 Å². The molecule has 1 saturated heterocycles. The molecular formula is C24H32N4O5. The number of benzene rings is 1. The van der Waals surface area contributed by atoms with Crippen LogP contribution in [0.2, 0.25) is 0 Å². The number of rotatable bonds is 7. The molecule has 0 radical (unpaired) electrons. The SMILES string of the molecule is CCC(CC)NC(=O)C1CN(C(=O)CCN2C(=O)NC3(CCCC3)C2=O)c2ccccc2O1. The van der Waals surface area contributed by atoms with Gasteiger partial charge in [0.25, 0.3) is 11.8 Å².